The molecule has 0 saturated carbocycles. The summed E-state index contributed by atoms with van der Waals surface area (Å²) in [5.41, 5.74) is 3.24. The zero-order valence-corrected chi connectivity index (χ0v) is 33.9. The third kappa shape index (κ3) is 15.0. The molecular formula is C28H56N2O4Si6. The van der Waals surface area contributed by atoms with Gasteiger partial charge in [0, 0.05) is 0 Å². The van der Waals surface area contributed by atoms with Gasteiger partial charge in [0.25, 0.3) is 0 Å². The number of rotatable bonds is 16. The molecule has 1 aromatic carbocycles. The van der Waals surface area contributed by atoms with Gasteiger partial charge in [0.1, 0.15) is 12.1 Å². The highest BCUT2D eigenvalue weighted by Crippen LogP contribution is 2.30. The molecule has 6 nitrogen and oxygen atoms in total. The van der Waals surface area contributed by atoms with E-state index >= 15 is 0 Å². The van der Waals surface area contributed by atoms with Crippen LogP contribution in [0.5, 0.6) is 0 Å². The van der Waals surface area contributed by atoms with Crippen molar-refractivity contribution < 1.29 is 16.5 Å². The minimum atomic E-state index is -2.34. The summed E-state index contributed by atoms with van der Waals surface area (Å²) in [5, 5.41) is 19.5. The molecule has 0 aliphatic rings. The van der Waals surface area contributed by atoms with E-state index in [2.05, 4.69) is 104 Å². The van der Waals surface area contributed by atoms with E-state index in [1.807, 2.05) is 12.1 Å². The monoisotopic (exact) mass is 652 g/mol. The lowest BCUT2D eigenvalue weighted by atomic mass is 9.94. The van der Waals surface area contributed by atoms with Crippen molar-refractivity contribution in [2.45, 2.75) is 129 Å². The molecule has 0 radical (unpaired) electrons. The summed E-state index contributed by atoms with van der Waals surface area (Å²) in [6.45, 7) is 31.3. The van der Waals surface area contributed by atoms with Crippen LogP contribution in [0.15, 0.2) is 12.1 Å². The highest BCUT2D eigenvalue weighted by molar-refractivity contribution is 6.88. The molecule has 0 atom stereocenters. The second-order valence-electron chi connectivity index (χ2n) is 15.2. The van der Waals surface area contributed by atoms with Crippen molar-refractivity contribution in [1.29, 1.82) is 10.5 Å². The molecule has 0 unspecified atom stereocenters. The highest BCUT2D eigenvalue weighted by atomic mass is 28.5. The predicted octanol–water partition coefficient (Wildman–Crippen LogP) is 8.85. The van der Waals surface area contributed by atoms with Crippen LogP contribution in [0.1, 0.15) is 35.1 Å². The molecule has 12 heteroatoms. The molecule has 1 rings (SSSR count). The summed E-state index contributed by atoms with van der Waals surface area (Å²) in [5.74, 6) is 0. The Morgan fingerprint density at radius 2 is 0.750 bits per heavy atom. The van der Waals surface area contributed by atoms with Crippen molar-refractivity contribution in [3.63, 3.8) is 0 Å². The van der Waals surface area contributed by atoms with Gasteiger partial charge in [-0.2, -0.15) is 10.5 Å². The average Bonchev–Trinajstić information content (AvgIpc) is 2.68. The van der Waals surface area contributed by atoms with Gasteiger partial charge in [-0.25, -0.2) is 0 Å². The molecule has 226 valence electrons. The molecule has 0 amide bonds. The Balaban J connectivity index is 3.20. The van der Waals surface area contributed by atoms with Gasteiger partial charge < -0.3 is 16.5 Å². The van der Waals surface area contributed by atoms with Crippen LogP contribution in [0.4, 0.5) is 0 Å². The summed E-state index contributed by atoms with van der Waals surface area (Å²) in [6, 6.07) is 10.2. The van der Waals surface area contributed by atoms with Gasteiger partial charge in [-0.1, -0.05) is 0 Å². The summed E-state index contributed by atoms with van der Waals surface area (Å²) in [6.07, 6.45) is 3.55. The molecule has 0 heterocycles. The molecule has 0 N–H and O–H groups in total. The van der Waals surface area contributed by atoms with Crippen molar-refractivity contribution >= 4 is 50.4 Å². The second-order valence-corrected chi connectivity index (χ2v) is 40.9. The minimum absolute atomic E-state index is 0.460. The maximum atomic E-state index is 9.73. The predicted molar refractivity (Wildman–Crippen MR) is 183 cm³/mol. The molecule has 40 heavy (non-hydrogen) atoms. The smallest absolute Gasteiger partial charge is 0.314 e. The molecule has 0 bridgehead atoms. The molecule has 0 saturated heterocycles. The van der Waals surface area contributed by atoms with Gasteiger partial charge in [0.2, 0.25) is 0 Å². The van der Waals surface area contributed by atoms with Gasteiger partial charge in [-0.15, -0.1) is 0 Å². The number of hydrogen-bond acceptors (Lipinski definition) is 6. The van der Waals surface area contributed by atoms with Crippen LogP contribution in [0.3, 0.4) is 0 Å². The maximum Gasteiger partial charge on any atom is 0.314 e. The summed E-state index contributed by atoms with van der Waals surface area (Å²) < 4.78 is 26.8. The number of nitriles is 2. The van der Waals surface area contributed by atoms with Crippen LogP contribution in [0, 0.1) is 22.7 Å². The Kier molecular flexibility index (Phi) is 13.3. The van der Waals surface area contributed by atoms with E-state index in [0.717, 1.165) is 48.9 Å². The first kappa shape index (κ1) is 37.4. The summed E-state index contributed by atoms with van der Waals surface area (Å²) >= 11 is 0. The van der Waals surface area contributed by atoms with E-state index in [4.69, 9.17) is 16.5 Å². The van der Waals surface area contributed by atoms with E-state index in [9.17, 15) is 10.5 Å². The third-order valence-corrected chi connectivity index (χ3v) is 25.1. The van der Waals surface area contributed by atoms with Crippen LogP contribution in [0.25, 0.3) is 0 Å². The van der Waals surface area contributed by atoms with Crippen LogP contribution in [-0.2, 0) is 29.3 Å². The quantitative estimate of drug-likeness (QED) is 0.166. The third-order valence-electron chi connectivity index (χ3n) is 5.82. The van der Waals surface area contributed by atoms with Gasteiger partial charge in [-0.05, 0) is 153 Å². The maximum absolute atomic E-state index is 9.73. The van der Waals surface area contributed by atoms with Crippen LogP contribution in [-0.4, -0.2) is 50.4 Å². The lowest BCUT2D eigenvalue weighted by Gasteiger charge is -2.39. The number of hydrogen-bond donors (Lipinski definition) is 0. The van der Waals surface area contributed by atoms with Crippen LogP contribution < -0.4 is 0 Å². The number of nitrogens with zero attached hydrogens (tertiary/aromatic N) is 2. The van der Waals surface area contributed by atoms with Crippen molar-refractivity contribution in [2.24, 2.45) is 0 Å². The SMILES string of the molecule is C[Si](C)(C)O[Si](C)(CCCc1cc(C#N)c(C#N)cc1CCC[Si](C)(O[Si](C)(C)C)O[Si](C)(C)C)O[Si](C)(C)C. The van der Waals surface area contributed by atoms with E-state index in [-0.39, 0.29) is 0 Å². The minimum Gasteiger partial charge on any atom is -0.437 e. The van der Waals surface area contributed by atoms with Crippen LogP contribution in [0.2, 0.25) is 104 Å². The molecule has 0 fully saturated rings. The van der Waals surface area contributed by atoms with Gasteiger partial charge in [-0.3, -0.25) is 0 Å². The zero-order valence-electron chi connectivity index (χ0n) is 27.9. The average molecular weight is 653 g/mol. The summed E-state index contributed by atoms with van der Waals surface area (Å²) in [7, 11) is -11.7. The Hall–Kier alpha value is -0.659. The second kappa shape index (κ2) is 14.2. The Morgan fingerprint density at radius 3 is 0.950 bits per heavy atom. The standard InChI is InChI=1S/C28H56N2O4Si6/c1-35(2,3)31-39(13,32-36(4,5)6)19-15-17-25-21-27(23-29)28(24-30)22-26(25)18-16-20-40(14,33-37(7,8)9)34-38(10,11)12/h21-22H,15-20H2,1-14H3. The fourth-order valence-corrected chi connectivity index (χ4v) is 30.5. The molecule has 0 aliphatic heterocycles. The molecule has 0 aliphatic carbocycles. The fourth-order valence-electron chi connectivity index (χ4n) is 5.38. The van der Waals surface area contributed by atoms with Gasteiger partial charge in [0.05, 0.1) is 11.1 Å². The Morgan fingerprint density at radius 1 is 0.500 bits per heavy atom. The van der Waals surface area contributed by atoms with Crippen molar-refractivity contribution in [3.05, 3.63) is 34.4 Å². The summed E-state index contributed by atoms with van der Waals surface area (Å²) in [4.78, 5) is 0. The first-order chi connectivity index (χ1) is 17.9. The van der Waals surface area contributed by atoms with E-state index in [1.54, 1.807) is 0 Å². The van der Waals surface area contributed by atoms with Crippen LogP contribution >= 0.6 is 0 Å². The fraction of sp³-hybridized carbons (Fsp3) is 0.714. The van der Waals surface area contributed by atoms with E-state index in [0.29, 0.717) is 11.1 Å². The van der Waals surface area contributed by atoms with Gasteiger partial charge >= 0.3 is 17.1 Å². The van der Waals surface area contributed by atoms with Crippen molar-refractivity contribution in [1.82, 2.24) is 0 Å². The number of aryl methyl sites for hydroxylation is 2. The van der Waals surface area contributed by atoms with Crippen molar-refractivity contribution in [2.75, 3.05) is 0 Å². The lowest BCUT2D eigenvalue weighted by Crippen LogP contribution is -2.52. The first-order valence-corrected chi connectivity index (χ1v) is 33.3. The van der Waals surface area contributed by atoms with Crippen molar-refractivity contribution in [3.8, 4) is 12.1 Å². The Bertz CT molecular complexity index is 956. The highest BCUT2D eigenvalue weighted by Gasteiger charge is 2.41. The Labute approximate surface area is 252 Å². The normalized spacial score (nSPS) is 13.7. The first-order valence-electron chi connectivity index (χ1n) is 14.6. The van der Waals surface area contributed by atoms with Gasteiger partial charge in [0.15, 0.2) is 33.3 Å². The zero-order chi connectivity index (χ0) is 31.2. The molecular weight excluding hydrogens is 597 g/mol. The molecule has 0 aromatic heterocycles. The number of benzene rings is 1. The topological polar surface area (TPSA) is 84.5 Å². The molecule has 1 aromatic rings. The van der Waals surface area contributed by atoms with E-state index < -0.39 is 50.4 Å². The molecule has 0 spiro atoms. The van der Waals surface area contributed by atoms with E-state index in [1.165, 1.54) is 0 Å². The largest absolute Gasteiger partial charge is 0.437 e. The lowest BCUT2D eigenvalue weighted by molar-refractivity contribution is 0.379.